The monoisotopic (exact) mass is 965 g/mol. The minimum absolute atomic E-state index is 0.00836. The molecule has 6 N–H and O–H groups in total. The molecule has 364 valence electrons. The second-order valence-corrected chi connectivity index (χ2v) is 19.0. The van der Waals surface area contributed by atoms with Crippen molar-refractivity contribution in [1.29, 1.82) is 0 Å². The normalized spacial score (nSPS) is 22.0. The minimum Gasteiger partial charge on any atom is -0.494 e. The molecule has 3 aliphatic heterocycles. The first-order chi connectivity index (χ1) is 33.3. The van der Waals surface area contributed by atoms with Crippen molar-refractivity contribution < 1.29 is 37.4 Å². The second kappa shape index (κ2) is 20.0. The Bertz CT molecular complexity index is 2780. The summed E-state index contributed by atoms with van der Waals surface area (Å²) in [5.41, 5.74) is 7.36. The number of methoxy groups -OCH3 is 1. The lowest BCUT2D eigenvalue weighted by molar-refractivity contribution is -0.126. The van der Waals surface area contributed by atoms with Gasteiger partial charge in [0, 0.05) is 98.3 Å². The largest absolute Gasteiger partial charge is 0.494 e. The number of primary amides is 1. The van der Waals surface area contributed by atoms with Gasteiger partial charge < -0.3 is 36.1 Å². The number of likely N-dealkylation sites (tertiary alicyclic amines) is 1. The summed E-state index contributed by atoms with van der Waals surface area (Å²) >= 11 is 6.68. The number of piperidine rings is 1. The highest BCUT2D eigenvalue weighted by molar-refractivity contribution is 6.34. The van der Waals surface area contributed by atoms with E-state index in [1.165, 1.54) is 30.2 Å². The summed E-state index contributed by atoms with van der Waals surface area (Å²) < 4.78 is 45.7. The Kier molecular flexibility index (Phi) is 13.8. The van der Waals surface area contributed by atoms with Crippen molar-refractivity contribution in [3.8, 4) is 22.6 Å². The Morgan fingerprint density at radius 1 is 0.971 bits per heavy atom. The smallest absolute Gasteiger partial charge is 0.329 e. The van der Waals surface area contributed by atoms with Crippen LogP contribution in [0.1, 0.15) is 85.7 Å². The molecule has 3 fully saturated rings. The average molecular weight is 967 g/mol. The number of rotatable bonds is 15. The van der Waals surface area contributed by atoms with Crippen LogP contribution in [0.4, 0.5) is 25.1 Å². The molecule has 1 saturated carbocycles. The van der Waals surface area contributed by atoms with Gasteiger partial charge in [0.1, 0.15) is 11.6 Å². The van der Waals surface area contributed by atoms with Crippen LogP contribution in [-0.4, -0.2) is 96.9 Å². The number of anilines is 2. The molecule has 0 unspecified atom stereocenters. The third kappa shape index (κ3) is 9.31. The zero-order valence-electron chi connectivity index (χ0n) is 39.0. The van der Waals surface area contributed by atoms with Gasteiger partial charge >= 0.3 is 6.03 Å². The summed E-state index contributed by atoms with van der Waals surface area (Å²) in [5.74, 6) is -2.87. The second-order valence-electron chi connectivity index (χ2n) is 18.6. The van der Waals surface area contributed by atoms with Gasteiger partial charge in [0.15, 0.2) is 23.0 Å². The quantitative estimate of drug-likeness (QED) is 0.0665. The molecule has 4 heterocycles. The number of ether oxygens (including phenoxy) is 2. The first-order valence-corrected chi connectivity index (χ1v) is 24.2. The van der Waals surface area contributed by atoms with Crippen molar-refractivity contribution in [3.05, 3.63) is 100 Å². The number of urea groups is 1. The maximum Gasteiger partial charge on any atom is 0.329 e. The van der Waals surface area contributed by atoms with Gasteiger partial charge in [-0.2, -0.15) is 5.10 Å². The summed E-state index contributed by atoms with van der Waals surface area (Å²) in [6.45, 7) is 5.88. The number of nitrogens with one attached hydrogen (secondary N) is 4. The lowest BCUT2D eigenvalue weighted by Gasteiger charge is -2.37. The molecular formula is C51H58ClF2N9O6. The molecule has 18 heteroatoms. The van der Waals surface area contributed by atoms with Crippen molar-refractivity contribution in [2.75, 3.05) is 56.6 Å². The van der Waals surface area contributed by atoms with Gasteiger partial charge in [-0.15, -0.1) is 0 Å². The zero-order valence-corrected chi connectivity index (χ0v) is 39.8. The number of aryl methyl sites for hydroxylation is 1. The predicted octanol–water partition coefficient (Wildman–Crippen LogP) is 7.35. The van der Waals surface area contributed by atoms with Crippen LogP contribution in [0.25, 0.3) is 22.0 Å². The molecule has 0 spiro atoms. The highest BCUT2D eigenvalue weighted by Crippen LogP contribution is 2.56. The number of amides is 5. The third-order valence-electron chi connectivity index (χ3n) is 14.6. The number of carbonyl (C=O) groups is 4. The summed E-state index contributed by atoms with van der Waals surface area (Å²) in [6, 6.07) is 19.3. The summed E-state index contributed by atoms with van der Waals surface area (Å²) in [7, 11) is 3.16. The van der Waals surface area contributed by atoms with Gasteiger partial charge in [-0.25, -0.2) is 13.6 Å². The van der Waals surface area contributed by atoms with Crippen molar-refractivity contribution >= 4 is 57.8 Å². The molecule has 4 aliphatic rings. The number of hydrogen-bond acceptors (Lipinski definition) is 10. The number of halogens is 3. The van der Waals surface area contributed by atoms with E-state index in [4.69, 9.17) is 26.8 Å². The number of nitrogens with zero attached hydrogens (tertiary/aromatic N) is 4. The van der Waals surface area contributed by atoms with E-state index in [-0.39, 0.29) is 76.0 Å². The van der Waals surface area contributed by atoms with Gasteiger partial charge in [-0.05, 0) is 81.3 Å². The highest BCUT2D eigenvalue weighted by atomic mass is 35.5. The Hall–Kier alpha value is -6.30. The van der Waals surface area contributed by atoms with Gasteiger partial charge in [0.05, 0.1) is 28.9 Å². The van der Waals surface area contributed by atoms with Crippen LogP contribution in [0.3, 0.4) is 0 Å². The third-order valence-corrected chi connectivity index (χ3v) is 14.9. The zero-order chi connectivity index (χ0) is 48.6. The van der Waals surface area contributed by atoms with Crippen LogP contribution < -0.4 is 41.4 Å². The Morgan fingerprint density at radius 3 is 2.43 bits per heavy atom. The van der Waals surface area contributed by atoms with Gasteiger partial charge in [-0.1, -0.05) is 54.9 Å². The van der Waals surface area contributed by atoms with Gasteiger partial charge in [0.2, 0.25) is 17.7 Å². The standard InChI is InChI=1S/C51H58ClF2N9O6/c1-29-41-39(27-36(53)44(52)43(41)42-34(47(55)65)17-18-38(68-3)45(42)54)69-51(29,31-9-5-4-6-10-31)28-57-32-15-13-30(14-16-32)49(66)56-22-8-23-62-24-19-33(20-25-62)58-37-12-7-11-35-46(37)61(2)60-48(35)63-26-21-40(64)59-50(63)67/h4-7,9-12,17-18,27,29-30,32-33,57-58H,8,13-16,19-26,28H2,1-3H3,(H2,55,65)(H,56,66)(H,59,64,67)/t29-,30?,32?,51-/m0/s1. The first kappa shape index (κ1) is 47.8. The molecule has 9 rings (SSSR count). The lowest BCUT2D eigenvalue weighted by Crippen LogP contribution is -2.49. The fourth-order valence-electron chi connectivity index (χ4n) is 10.8. The number of imide groups is 1. The Balaban J connectivity index is 0.764. The fourth-order valence-corrected chi connectivity index (χ4v) is 11.1. The van der Waals surface area contributed by atoms with E-state index < -0.39 is 35.1 Å². The maximum atomic E-state index is 16.2. The summed E-state index contributed by atoms with van der Waals surface area (Å²) in [4.78, 5) is 54.3. The molecule has 5 aromatic rings. The fraction of sp³-hybridized carbons (Fsp3) is 0.431. The molecule has 1 aromatic heterocycles. The maximum absolute atomic E-state index is 16.2. The first-order valence-electron chi connectivity index (χ1n) is 23.8. The molecule has 69 heavy (non-hydrogen) atoms. The minimum atomic E-state index is -1.07. The van der Waals surface area contributed by atoms with Crippen molar-refractivity contribution in [3.63, 3.8) is 0 Å². The molecule has 0 radical (unpaired) electrons. The van der Waals surface area contributed by atoms with Crippen molar-refractivity contribution in [1.82, 2.24) is 30.6 Å². The van der Waals surface area contributed by atoms with Gasteiger partial charge in [-0.3, -0.25) is 29.3 Å². The number of fused-ring (bicyclic) bond motifs is 2. The average Bonchev–Trinajstić information content (AvgIpc) is 3.83. The van der Waals surface area contributed by atoms with Crippen LogP contribution in [-0.2, 0) is 22.2 Å². The number of carbonyl (C=O) groups excluding carboxylic acids is 4. The van der Waals surface area contributed by atoms with Gasteiger partial charge in [0.25, 0.3) is 0 Å². The number of benzene rings is 4. The molecule has 0 bridgehead atoms. The highest BCUT2D eigenvalue weighted by Gasteiger charge is 2.50. The molecule has 15 nitrogen and oxygen atoms in total. The molecule has 4 aromatic carbocycles. The summed E-state index contributed by atoms with van der Waals surface area (Å²) in [6.07, 6.45) is 5.97. The van der Waals surface area contributed by atoms with Crippen LogP contribution in [0.5, 0.6) is 11.5 Å². The van der Waals surface area contributed by atoms with E-state index in [0.717, 1.165) is 86.7 Å². The van der Waals surface area contributed by atoms with Crippen LogP contribution in [0.15, 0.2) is 66.7 Å². The molecular weight excluding hydrogens is 908 g/mol. The van der Waals surface area contributed by atoms with Crippen molar-refractivity contribution in [2.24, 2.45) is 18.7 Å². The van der Waals surface area contributed by atoms with E-state index in [2.05, 4.69) is 31.3 Å². The van der Waals surface area contributed by atoms with Crippen LogP contribution in [0, 0.1) is 17.6 Å². The van der Waals surface area contributed by atoms with E-state index in [9.17, 15) is 19.2 Å². The Labute approximate surface area is 404 Å². The van der Waals surface area contributed by atoms with Crippen LogP contribution >= 0.6 is 11.6 Å². The summed E-state index contributed by atoms with van der Waals surface area (Å²) in [5, 5.41) is 18.2. The molecule has 2 saturated heterocycles. The van der Waals surface area contributed by atoms with E-state index >= 15 is 8.78 Å². The predicted molar refractivity (Wildman–Crippen MR) is 260 cm³/mol. The lowest BCUT2D eigenvalue weighted by atomic mass is 9.77. The van der Waals surface area contributed by atoms with E-state index in [1.54, 1.807) is 4.68 Å². The topological polar surface area (TPSA) is 185 Å². The SMILES string of the molecule is COc1ccc(C(N)=O)c(-c2c(Cl)c(F)cc3c2[C@H](C)[C@@](CNC2CCC(C(=O)NCCCN4CCC(Nc5cccc6c(N7CCC(=O)NC7=O)nn(C)c56)CC4)CC2)(c2ccccc2)O3)c1F. The Morgan fingerprint density at radius 2 is 1.72 bits per heavy atom. The number of nitrogens with two attached hydrogens (primary N) is 1. The molecule has 5 amide bonds. The van der Waals surface area contributed by atoms with Crippen molar-refractivity contribution in [2.45, 2.75) is 81.9 Å². The number of aromatic nitrogens is 2. The number of para-hydroxylation sites is 1. The molecule has 2 atom stereocenters. The molecule has 1 aliphatic carbocycles. The van der Waals surface area contributed by atoms with E-state index in [1.807, 2.05) is 62.5 Å². The van der Waals surface area contributed by atoms with E-state index in [0.29, 0.717) is 24.5 Å². The number of hydrogen-bond donors (Lipinski definition) is 5. The van der Waals surface area contributed by atoms with Crippen LogP contribution in [0.2, 0.25) is 5.02 Å².